The zero-order valence-electron chi connectivity index (χ0n) is 11.0. The molecule has 0 unspecified atom stereocenters. The minimum absolute atomic E-state index is 0. The van der Waals surface area contributed by atoms with E-state index in [1.54, 1.807) is 11.3 Å². The molecule has 0 spiro atoms. The Morgan fingerprint density at radius 1 is 1.32 bits per heavy atom. The van der Waals surface area contributed by atoms with Crippen LogP contribution in [0.1, 0.15) is 19.4 Å². The summed E-state index contributed by atoms with van der Waals surface area (Å²) in [6, 6.07) is 6.59. The van der Waals surface area contributed by atoms with E-state index in [0.717, 1.165) is 18.1 Å². The van der Waals surface area contributed by atoms with Gasteiger partial charge in [0.05, 0.1) is 0 Å². The average Bonchev–Trinajstić information content (AvgIpc) is 2.71. The normalized spacial score (nSPS) is 11.3. The molecule has 1 aromatic carbocycles. The third-order valence-electron chi connectivity index (χ3n) is 3.09. The highest BCUT2D eigenvalue weighted by molar-refractivity contribution is 7.17. The van der Waals surface area contributed by atoms with Crippen molar-refractivity contribution < 1.29 is 0 Å². The summed E-state index contributed by atoms with van der Waals surface area (Å²) in [6.45, 7) is 6.25. The summed E-state index contributed by atoms with van der Waals surface area (Å²) < 4.78 is 1.30. The maximum atomic E-state index is 6.08. The highest BCUT2D eigenvalue weighted by Gasteiger charge is 2.12. The molecule has 0 saturated heterocycles. The summed E-state index contributed by atoms with van der Waals surface area (Å²) in [6.07, 6.45) is 0. The lowest BCUT2D eigenvalue weighted by Gasteiger charge is -2.25. The van der Waals surface area contributed by atoms with E-state index in [1.807, 2.05) is 6.07 Å². The van der Waals surface area contributed by atoms with E-state index < -0.39 is 0 Å². The number of nitrogens with zero attached hydrogens (tertiary/aromatic N) is 1. The first-order valence-electron chi connectivity index (χ1n) is 6.07. The van der Waals surface area contributed by atoms with Crippen LogP contribution in [0.3, 0.4) is 0 Å². The van der Waals surface area contributed by atoms with Crippen LogP contribution in [0.2, 0.25) is 5.02 Å². The Bertz CT molecular complexity index is 524. The number of alkyl halides is 1. The molecule has 0 fully saturated rings. The van der Waals surface area contributed by atoms with Crippen molar-refractivity contribution in [3.8, 4) is 0 Å². The lowest BCUT2D eigenvalue weighted by Crippen LogP contribution is -2.31. The third-order valence-corrected chi connectivity index (χ3v) is 4.51. The fraction of sp³-hybridized carbons (Fsp3) is 0.429. The van der Waals surface area contributed by atoms with Gasteiger partial charge in [0, 0.05) is 34.7 Å². The van der Waals surface area contributed by atoms with Crippen LogP contribution in [-0.2, 0) is 6.54 Å². The Hall–Kier alpha value is 0.01000. The molecule has 0 saturated carbocycles. The molecule has 1 nitrogen and oxygen atoms in total. The highest BCUT2D eigenvalue weighted by atomic mass is 35.5. The van der Waals surface area contributed by atoms with Gasteiger partial charge in [-0.25, -0.2) is 0 Å². The van der Waals surface area contributed by atoms with Crippen LogP contribution in [-0.4, -0.2) is 23.4 Å². The van der Waals surface area contributed by atoms with Crippen molar-refractivity contribution in [1.82, 2.24) is 4.90 Å². The monoisotopic (exact) mass is 337 g/mol. The van der Waals surface area contributed by atoms with Gasteiger partial charge < -0.3 is 0 Å². The second-order valence-electron chi connectivity index (χ2n) is 4.65. The number of benzene rings is 1. The SMILES string of the molecule is CC(C)N(CCCl)Cc1csc2ccc(Cl)cc12.Cl. The predicted molar refractivity (Wildman–Crippen MR) is 90.3 cm³/mol. The molecule has 106 valence electrons. The van der Waals surface area contributed by atoms with Gasteiger partial charge in [0.25, 0.3) is 0 Å². The van der Waals surface area contributed by atoms with Crippen LogP contribution >= 0.6 is 46.9 Å². The zero-order chi connectivity index (χ0) is 13.1. The lowest BCUT2D eigenvalue weighted by atomic mass is 10.1. The molecule has 1 aromatic heterocycles. The molecule has 0 aliphatic carbocycles. The second kappa shape index (κ2) is 7.70. The Labute approximate surface area is 134 Å². The van der Waals surface area contributed by atoms with Gasteiger partial charge in [0.2, 0.25) is 0 Å². The van der Waals surface area contributed by atoms with Crippen molar-refractivity contribution in [2.45, 2.75) is 26.4 Å². The van der Waals surface area contributed by atoms with Gasteiger partial charge in [-0.2, -0.15) is 0 Å². The number of thiophene rings is 1. The Balaban J connectivity index is 0.00000180. The van der Waals surface area contributed by atoms with E-state index in [4.69, 9.17) is 23.2 Å². The lowest BCUT2D eigenvalue weighted by molar-refractivity contribution is 0.227. The van der Waals surface area contributed by atoms with Crippen LogP contribution in [0.5, 0.6) is 0 Å². The average molecular weight is 339 g/mol. The molecular weight excluding hydrogens is 321 g/mol. The highest BCUT2D eigenvalue weighted by Crippen LogP contribution is 2.29. The molecule has 5 heteroatoms. The molecule has 0 atom stereocenters. The molecule has 0 N–H and O–H groups in total. The van der Waals surface area contributed by atoms with Crippen LogP contribution in [0, 0.1) is 0 Å². The summed E-state index contributed by atoms with van der Waals surface area (Å²) in [4.78, 5) is 2.38. The first-order chi connectivity index (χ1) is 8.61. The van der Waals surface area contributed by atoms with Gasteiger partial charge in [-0.05, 0) is 48.4 Å². The molecule has 0 radical (unpaired) electrons. The smallest absolute Gasteiger partial charge is 0.0413 e. The van der Waals surface area contributed by atoms with Crippen LogP contribution in [0.25, 0.3) is 10.1 Å². The van der Waals surface area contributed by atoms with E-state index in [1.165, 1.54) is 15.6 Å². The van der Waals surface area contributed by atoms with Crippen molar-refractivity contribution in [3.63, 3.8) is 0 Å². The van der Waals surface area contributed by atoms with E-state index in [0.29, 0.717) is 11.9 Å². The molecule has 2 aromatic rings. The topological polar surface area (TPSA) is 3.24 Å². The Morgan fingerprint density at radius 3 is 2.68 bits per heavy atom. The van der Waals surface area contributed by atoms with E-state index in [-0.39, 0.29) is 12.4 Å². The number of fused-ring (bicyclic) bond motifs is 1. The van der Waals surface area contributed by atoms with Crippen molar-refractivity contribution in [1.29, 1.82) is 0 Å². The summed E-state index contributed by atoms with van der Waals surface area (Å²) in [5, 5.41) is 4.30. The summed E-state index contributed by atoms with van der Waals surface area (Å²) in [7, 11) is 0. The van der Waals surface area contributed by atoms with Crippen LogP contribution in [0.15, 0.2) is 23.6 Å². The predicted octanol–water partition coefficient (Wildman–Crippen LogP) is 5.43. The number of rotatable bonds is 5. The number of halogens is 3. The van der Waals surface area contributed by atoms with Crippen molar-refractivity contribution in [3.05, 3.63) is 34.2 Å². The first-order valence-corrected chi connectivity index (χ1v) is 7.86. The maximum absolute atomic E-state index is 6.08. The van der Waals surface area contributed by atoms with Gasteiger partial charge in [-0.15, -0.1) is 35.3 Å². The fourth-order valence-electron chi connectivity index (χ4n) is 2.02. The van der Waals surface area contributed by atoms with Crippen LogP contribution < -0.4 is 0 Å². The maximum Gasteiger partial charge on any atom is 0.0413 e. The zero-order valence-corrected chi connectivity index (χ0v) is 14.2. The molecular formula is C14H18Cl3NS. The minimum Gasteiger partial charge on any atom is -0.295 e. The van der Waals surface area contributed by atoms with E-state index in [2.05, 4.69) is 36.3 Å². The quantitative estimate of drug-likeness (QED) is 0.657. The third kappa shape index (κ3) is 4.24. The van der Waals surface area contributed by atoms with Gasteiger partial charge in [-0.1, -0.05) is 11.6 Å². The molecule has 0 bridgehead atoms. The fourth-order valence-corrected chi connectivity index (χ4v) is 3.35. The van der Waals surface area contributed by atoms with Gasteiger partial charge in [0.1, 0.15) is 0 Å². The van der Waals surface area contributed by atoms with Crippen molar-refractivity contribution in [2.24, 2.45) is 0 Å². The van der Waals surface area contributed by atoms with Gasteiger partial charge >= 0.3 is 0 Å². The summed E-state index contributed by atoms with van der Waals surface area (Å²) in [5.74, 6) is 0.668. The van der Waals surface area contributed by atoms with E-state index in [9.17, 15) is 0 Å². The van der Waals surface area contributed by atoms with E-state index >= 15 is 0 Å². The second-order valence-corrected chi connectivity index (χ2v) is 6.38. The van der Waals surface area contributed by atoms with Crippen molar-refractivity contribution in [2.75, 3.05) is 12.4 Å². The molecule has 19 heavy (non-hydrogen) atoms. The molecule has 0 amide bonds. The molecule has 0 aliphatic rings. The standard InChI is InChI=1S/C14H17Cl2NS.ClH/c1-10(2)17(6-5-15)8-11-9-18-14-4-3-12(16)7-13(11)14;/h3-4,7,9-10H,5-6,8H2,1-2H3;1H. The molecule has 1 heterocycles. The summed E-state index contributed by atoms with van der Waals surface area (Å²) in [5.41, 5.74) is 1.34. The first kappa shape index (κ1) is 17.1. The van der Waals surface area contributed by atoms with Gasteiger partial charge in [0.15, 0.2) is 0 Å². The molecule has 0 aliphatic heterocycles. The van der Waals surface area contributed by atoms with Crippen LogP contribution in [0.4, 0.5) is 0 Å². The Kier molecular flexibility index (Phi) is 6.92. The summed E-state index contributed by atoms with van der Waals surface area (Å²) >= 11 is 13.7. The number of hydrogen-bond acceptors (Lipinski definition) is 2. The largest absolute Gasteiger partial charge is 0.295 e. The van der Waals surface area contributed by atoms with Crippen molar-refractivity contribution >= 4 is 57.0 Å². The Morgan fingerprint density at radius 2 is 2.05 bits per heavy atom. The number of hydrogen-bond donors (Lipinski definition) is 0. The molecule has 2 rings (SSSR count). The van der Waals surface area contributed by atoms with Gasteiger partial charge in [-0.3, -0.25) is 4.90 Å². The minimum atomic E-state index is 0.